The van der Waals surface area contributed by atoms with Crippen LogP contribution in [0.25, 0.3) is 77.3 Å². The summed E-state index contributed by atoms with van der Waals surface area (Å²) in [6, 6.07) is 44.4. The third kappa shape index (κ3) is 7.28. The molecule has 10 rings (SSSR count). The molecule has 0 bridgehead atoms. The maximum absolute atomic E-state index is 10.6. The number of benzene rings is 5. The highest BCUT2D eigenvalue weighted by molar-refractivity contribution is 6.22. The Kier molecular flexibility index (Phi) is 9.49. The molecule has 0 fully saturated rings. The predicted octanol–water partition coefficient (Wildman–Crippen LogP) is 13.6. The molecule has 0 radical (unpaired) electrons. The largest absolute Gasteiger partial charge is 0.311 e. The summed E-state index contributed by atoms with van der Waals surface area (Å²) in [6.45, 7) is 13.4. The van der Waals surface area contributed by atoms with E-state index in [0.29, 0.717) is 27.6 Å². The molecule has 0 unspecified atom stereocenters. The quantitative estimate of drug-likeness (QED) is 0.121. The SMILES string of the molecule is CC(C)(C)c1ccc(N(c2ccc(-c3cc4nc5c6cc(-c7cccnc7)cnc6c6ncc(-c7cccnc7)cc6c5nc4cc3C#N)cc2)c2ccc(C(C)(C)C)cc2)cc1. The van der Waals surface area contributed by atoms with Crippen LogP contribution in [-0.4, -0.2) is 29.9 Å². The molecule has 8 nitrogen and oxygen atoms in total. The number of hydrogen-bond donors (Lipinski definition) is 0. The summed E-state index contributed by atoms with van der Waals surface area (Å²) < 4.78 is 0. The van der Waals surface area contributed by atoms with Crippen molar-refractivity contribution in [2.75, 3.05) is 4.90 Å². The van der Waals surface area contributed by atoms with Crippen LogP contribution in [0, 0.1) is 11.3 Å². The number of nitriles is 1. The smallest absolute Gasteiger partial charge is 0.0999 e. The van der Waals surface area contributed by atoms with Gasteiger partial charge in [-0.1, -0.05) is 90.1 Å². The molecular formula is C55H44N8. The Morgan fingerprint density at radius 3 is 1.32 bits per heavy atom. The van der Waals surface area contributed by atoms with Gasteiger partial charge in [0.2, 0.25) is 0 Å². The van der Waals surface area contributed by atoms with Crippen LogP contribution in [0.4, 0.5) is 17.1 Å². The van der Waals surface area contributed by atoms with Crippen molar-refractivity contribution in [2.24, 2.45) is 0 Å². The molecule has 0 aliphatic heterocycles. The second-order valence-corrected chi connectivity index (χ2v) is 18.1. The lowest BCUT2D eigenvalue weighted by atomic mass is 9.86. The number of nitrogens with zero attached hydrogens (tertiary/aromatic N) is 8. The van der Waals surface area contributed by atoms with E-state index in [1.807, 2.05) is 61.2 Å². The van der Waals surface area contributed by atoms with Crippen LogP contribution in [0.3, 0.4) is 0 Å². The number of aromatic nitrogens is 6. The second kappa shape index (κ2) is 15.2. The monoisotopic (exact) mass is 816 g/mol. The molecule has 0 saturated heterocycles. The minimum absolute atomic E-state index is 0.0377. The van der Waals surface area contributed by atoms with E-state index in [4.69, 9.17) is 19.9 Å². The number of rotatable bonds is 6. The van der Waals surface area contributed by atoms with Gasteiger partial charge in [-0.15, -0.1) is 0 Å². The van der Waals surface area contributed by atoms with E-state index in [2.05, 4.69) is 147 Å². The van der Waals surface area contributed by atoms with E-state index in [9.17, 15) is 5.26 Å². The molecule has 8 heteroatoms. The first-order valence-corrected chi connectivity index (χ1v) is 21.1. The molecule has 5 heterocycles. The molecule has 0 N–H and O–H groups in total. The van der Waals surface area contributed by atoms with Gasteiger partial charge in [0, 0.05) is 92.8 Å². The molecule has 5 aromatic heterocycles. The first kappa shape index (κ1) is 39.3. The molecule has 0 spiro atoms. The molecule has 304 valence electrons. The van der Waals surface area contributed by atoms with Crippen molar-refractivity contribution < 1.29 is 0 Å². The van der Waals surface area contributed by atoms with Gasteiger partial charge in [-0.25, -0.2) is 9.97 Å². The summed E-state index contributed by atoms with van der Waals surface area (Å²) in [5.74, 6) is 0. The first-order valence-electron chi connectivity index (χ1n) is 21.1. The summed E-state index contributed by atoms with van der Waals surface area (Å²) in [4.78, 5) is 31.5. The highest BCUT2D eigenvalue weighted by Gasteiger charge is 2.21. The fraction of sp³-hybridized carbons (Fsp3) is 0.145. The Bertz CT molecular complexity index is 3330. The lowest BCUT2D eigenvalue weighted by Gasteiger charge is -2.28. The van der Waals surface area contributed by atoms with Gasteiger partial charge in [0.05, 0.1) is 44.7 Å². The van der Waals surface area contributed by atoms with Gasteiger partial charge >= 0.3 is 0 Å². The van der Waals surface area contributed by atoms with Crippen molar-refractivity contribution in [2.45, 2.75) is 52.4 Å². The summed E-state index contributed by atoms with van der Waals surface area (Å²) >= 11 is 0. The summed E-state index contributed by atoms with van der Waals surface area (Å²) in [5, 5.41) is 12.3. The maximum atomic E-state index is 10.6. The molecular weight excluding hydrogens is 773 g/mol. The van der Waals surface area contributed by atoms with E-state index < -0.39 is 0 Å². The van der Waals surface area contributed by atoms with Crippen molar-refractivity contribution in [1.29, 1.82) is 5.26 Å². The van der Waals surface area contributed by atoms with E-state index in [1.54, 1.807) is 12.4 Å². The van der Waals surface area contributed by atoms with E-state index >= 15 is 0 Å². The zero-order chi connectivity index (χ0) is 43.5. The standard InChI is InChI=1S/C55H44N8/c1-54(2,3)40-13-19-43(20-14-40)63(44-21-15-41(16-22-44)55(4,5)6)42-17-11-34(12-18-42)45-28-49-48(27-37(45)29-56)61-52-46-25-38(35-9-7-23-57-30-35)32-59-50(46)51-47(53(52)62-49)26-39(33-60-51)36-10-8-24-58-31-36/h7-28,30-33H,1-6H3. The molecule has 0 atom stereocenters. The van der Waals surface area contributed by atoms with Crippen LogP contribution < -0.4 is 4.90 Å². The van der Waals surface area contributed by atoms with E-state index in [-0.39, 0.29) is 10.8 Å². The van der Waals surface area contributed by atoms with Crippen molar-refractivity contribution >= 4 is 60.9 Å². The molecule has 5 aromatic carbocycles. The van der Waals surface area contributed by atoms with Gasteiger partial charge in [0.15, 0.2) is 0 Å². The molecule has 0 saturated carbocycles. The topological polar surface area (TPSA) is 104 Å². The predicted molar refractivity (Wildman–Crippen MR) is 256 cm³/mol. The second-order valence-electron chi connectivity index (χ2n) is 18.1. The Labute approximate surface area is 366 Å². The fourth-order valence-corrected chi connectivity index (χ4v) is 8.32. The fourth-order valence-electron chi connectivity index (χ4n) is 8.32. The third-order valence-corrected chi connectivity index (χ3v) is 11.8. The Morgan fingerprint density at radius 2 is 0.905 bits per heavy atom. The average Bonchev–Trinajstić information content (AvgIpc) is 3.31. The van der Waals surface area contributed by atoms with E-state index in [1.165, 1.54) is 11.1 Å². The Hall–Kier alpha value is -7.89. The zero-order valence-corrected chi connectivity index (χ0v) is 36.1. The number of fused-ring (bicyclic) bond motifs is 7. The van der Waals surface area contributed by atoms with Crippen LogP contribution in [-0.2, 0) is 10.8 Å². The van der Waals surface area contributed by atoms with Crippen molar-refractivity contribution in [3.8, 4) is 39.4 Å². The third-order valence-electron chi connectivity index (χ3n) is 11.8. The molecule has 0 aliphatic carbocycles. The van der Waals surface area contributed by atoms with Gasteiger partial charge < -0.3 is 4.90 Å². The van der Waals surface area contributed by atoms with Gasteiger partial charge in [0.25, 0.3) is 0 Å². The van der Waals surface area contributed by atoms with Crippen molar-refractivity contribution in [1.82, 2.24) is 29.9 Å². The number of pyridine rings is 4. The normalized spacial score (nSPS) is 12.0. The van der Waals surface area contributed by atoms with Crippen LogP contribution >= 0.6 is 0 Å². The summed E-state index contributed by atoms with van der Waals surface area (Å²) in [7, 11) is 0. The highest BCUT2D eigenvalue weighted by atomic mass is 15.1. The van der Waals surface area contributed by atoms with Crippen LogP contribution in [0.15, 0.2) is 159 Å². The minimum Gasteiger partial charge on any atom is -0.311 e. The van der Waals surface area contributed by atoms with Gasteiger partial charge in [0.1, 0.15) is 0 Å². The molecule has 0 amide bonds. The van der Waals surface area contributed by atoms with E-state index in [0.717, 1.165) is 72.2 Å². The highest BCUT2D eigenvalue weighted by Crippen LogP contribution is 2.40. The van der Waals surface area contributed by atoms with Crippen molar-refractivity contribution in [3.63, 3.8) is 0 Å². The maximum Gasteiger partial charge on any atom is 0.0999 e. The van der Waals surface area contributed by atoms with Crippen LogP contribution in [0.5, 0.6) is 0 Å². The lowest BCUT2D eigenvalue weighted by molar-refractivity contribution is 0.590. The summed E-state index contributed by atoms with van der Waals surface area (Å²) in [6.07, 6.45) is 10.9. The van der Waals surface area contributed by atoms with Crippen LogP contribution in [0.2, 0.25) is 0 Å². The van der Waals surface area contributed by atoms with Crippen LogP contribution in [0.1, 0.15) is 58.2 Å². The first-order chi connectivity index (χ1) is 30.4. The Balaban J connectivity index is 1.12. The zero-order valence-electron chi connectivity index (χ0n) is 36.1. The average molecular weight is 817 g/mol. The molecule has 10 aromatic rings. The molecule has 0 aliphatic rings. The van der Waals surface area contributed by atoms with Gasteiger partial charge in [-0.3, -0.25) is 19.9 Å². The van der Waals surface area contributed by atoms with Crippen molar-refractivity contribution in [3.05, 3.63) is 175 Å². The lowest BCUT2D eigenvalue weighted by Crippen LogP contribution is -2.14. The minimum atomic E-state index is 0.0377. The Morgan fingerprint density at radius 1 is 0.460 bits per heavy atom. The number of anilines is 3. The van der Waals surface area contributed by atoms with Gasteiger partial charge in [-0.05, 0) is 100 Å². The number of hydrogen-bond acceptors (Lipinski definition) is 8. The summed E-state index contributed by atoms with van der Waals surface area (Å²) in [5.41, 5.74) is 15.8. The van der Waals surface area contributed by atoms with Gasteiger partial charge in [-0.2, -0.15) is 5.26 Å². The molecule has 63 heavy (non-hydrogen) atoms.